The first-order chi connectivity index (χ1) is 11.9. The molecule has 1 aromatic heterocycles. The highest BCUT2D eigenvalue weighted by Gasteiger charge is 2.19. The second-order valence-corrected chi connectivity index (χ2v) is 6.69. The van der Waals surface area contributed by atoms with Gasteiger partial charge in [-0.1, -0.05) is 12.1 Å². The molecular weight excluding hydrogens is 351 g/mol. The lowest BCUT2D eigenvalue weighted by Crippen LogP contribution is -2.41. The summed E-state index contributed by atoms with van der Waals surface area (Å²) < 4.78 is 47.5. The van der Waals surface area contributed by atoms with Crippen LogP contribution in [0.15, 0.2) is 57.8 Å². The molecule has 3 rings (SSSR count). The molecule has 7 nitrogen and oxygen atoms in total. The van der Waals surface area contributed by atoms with E-state index in [2.05, 4.69) is 0 Å². The summed E-state index contributed by atoms with van der Waals surface area (Å²) in [5, 5.41) is 0.630. The van der Waals surface area contributed by atoms with E-state index in [1.807, 2.05) is 10.3 Å². The standard InChI is InChI=1S/C16H13FN2O5S/c1-23-13-4-2-3-10-9-14(24-15(10)13)16(20)18-19-25(21,22)12-7-5-11(17)6-8-12/h2-9,19H,1H3,(H,18,20). The van der Waals surface area contributed by atoms with Gasteiger partial charge in [0.2, 0.25) is 0 Å². The molecular formula is C16H13FN2O5S. The normalized spacial score (nSPS) is 11.4. The van der Waals surface area contributed by atoms with Crippen molar-refractivity contribution in [3.8, 4) is 5.75 Å². The molecule has 0 atom stereocenters. The van der Waals surface area contributed by atoms with Gasteiger partial charge in [-0.2, -0.15) is 0 Å². The van der Waals surface area contributed by atoms with Gasteiger partial charge in [0.25, 0.3) is 10.0 Å². The van der Waals surface area contributed by atoms with Crippen LogP contribution in [0.3, 0.4) is 0 Å². The van der Waals surface area contributed by atoms with Gasteiger partial charge in [-0.25, -0.2) is 12.8 Å². The van der Waals surface area contributed by atoms with E-state index in [-0.39, 0.29) is 10.7 Å². The topological polar surface area (TPSA) is 97.6 Å². The summed E-state index contributed by atoms with van der Waals surface area (Å²) in [7, 11) is -2.57. The molecule has 0 aliphatic heterocycles. The lowest BCUT2D eigenvalue weighted by Gasteiger charge is -2.07. The highest BCUT2D eigenvalue weighted by atomic mass is 32.2. The van der Waals surface area contributed by atoms with Crippen molar-refractivity contribution in [1.82, 2.24) is 10.3 Å². The lowest BCUT2D eigenvalue weighted by atomic mass is 10.2. The molecule has 0 aliphatic rings. The molecule has 9 heteroatoms. The van der Waals surface area contributed by atoms with Gasteiger partial charge in [0.1, 0.15) is 5.82 Å². The minimum atomic E-state index is -4.04. The number of methoxy groups -OCH3 is 1. The average Bonchev–Trinajstić information content (AvgIpc) is 3.04. The van der Waals surface area contributed by atoms with Crippen LogP contribution < -0.4 is 15.0 Å². The number of nitrogens with one attached hydrogen (secondary N) is 2. The quantitative estimate of drug-likeness (QED) is 0.677. The number of rotatable bonds is 5. The minimum absolute atomic E-state index is 0.0960. The maximum atomic E-state index is 12.9. The van der Waals surface area contributed by atoms with E-state index >= 15 is 0 Å². The Morgan fingerprint density at radius 1 is 1.16 bits per heavy atom. The van der Waals surface area contributed by atoms with Crippen molar-refractivity contribution in [3.63, 3.8) is 0 Å². The molecule has 0 fully saturated rings. The van der Waals surface area contributed by atoms with E-state index in [1.165, 1.54) is 13.2 Å². The number of fused-ring (bicyclic) bond motifs is 1. The summed E-state index contributed by atoms with van der Waals surface area (Å²) >= 11 is 0. The molecule has 0 aliphatic carbocycles. The fourth-order valence-corrected chi connectivity index (χ4v) is 3.00. The smallest absolute Gasteiger partial charge is 0.301 e. The molecule has 3 aromatic rings. The summed E-state index contributed by atoms with van der Waals surface area (Å²) in [5.41, 5.74) is 2.42. The Balaban J connectivity index is 1.77. The first-order valence-electron chi connectivity index (χ1n) is 7.05. The number of furan rings is 1. The van der Waals surface area contributed by atoms with Gasteiger partial charge in [0.05, 0.1) is 12.0 Å². The number of para-hydroxylation sites is 1. The summed E-state index contributed by atoms with van der Waals surface area (Å²) in [5.74, 6) is -1.01. The number of amides is 1. The van der Waals surface area contributed by atoms with Crippen molar-refractivity contribution in [3.05, 3.63) is 60.1 Å². The Bertz CT molecular complexity index is 1030. The number of halogens is 1. The van der Waals surface area contributed by atoms with Gasteiger partial charge in [-0.15, -0.1) is 4.83 Å². The second-order valence-electron chi connectivity index (χ2n) is 5.00. The first-order valence-corrected chi connectivity index (χ1v) is 8.53. The maximum Gasteiger partial charge on any atom is 0.301 e. The lowest BCUT2D eigenvalue weighted by molar-refractivity contribution is 0.0919. The van der Waals surface area contributed by atoms with Crippen molar-refractivity contribution in [2.75, 3.05) is 7.11 Å². The van der Waals surface area contributed by atoms with E-state index in [9.17, 15) is 17.6 Å². The first kappa shape index (κ1) is 16.9. The van der Waals surface area contributed by atoms with Gasteiger partial charge < -0.3 is 9.15 Å². The predicted molar refractivity (Wildman–Crippen MR) is 87.0 cm³/mol. The van der Waals surface area contributed by atoms with Crippen molar-refractivity contribution < 1.29 is 26.8 Å². The Morgan fingerprint density at radius 3 is 2.56 bits per heavy atom. The molecule has 0 radical (unpaired) electrons. The number of hydrogen-bond acceptors (Lipinski definition) is 5. The molecule has 0 saturated carbocycles. The van der Waals surface area contributed by atoms with Crippen LogP contribution in [0, 0.1) is 5.82 Å². The van der Waals surface area contributed by atoms with Crippen LogP contribution in [0.4, 0.5) is 4.39 Å². The van der Waals surface area contributed by atoms with Crippen LogP contribution in [-0.4, -0.2) is 21.4 Å². The Labute approximate surface area is 142 Å². The molecule has 0 saturated heterocycles. The van der Waals surface area contributed by atoms with Crippen molar-refractivity contribution in [2.24, 2.45) is 0 Å². The molecule has 0 unspecified atom stereocenters. The molecule has 130 valence electrons. The summed E-state index contributed by atoms with van der Waals surface area (Å²) in [6.07, 6.45) is 0. The van der Waals surface area contributed by atoms with Gasteiger partial charge in [0.15, 0.2) is 17.1 Å². The number of carbonyl (C=O) groups is 1. The van der Waals surface area contributed by atoms with Crippen LogP contribution in [0.25, 0.3) is 11.0 Å². The zero-order valence-electron chi connectivity index (χ0n) is 12.9. The minimum Gasteiger partial charge on any atom is -0.493 e. The van der Waals surface area contributed by atoms with Crippen LogP contribution >= 0.6 is 0 Å². The third kappa shape index (κ3) is 3.47. The molecule has 1 amide bonds. The fraction of sp³-hybridized carbons (Fsp3) is 0.0625. The maximum absolute atomic E-state index is 12.9. The Hall–Kier alpha value is -2.91. The van der Waals surface area contributed by atoms with E-state index in [0.717, 1.165) is 24.3 Å². The van der Waals surface area contributed by atoms with Gasteiger partial charge >= 0.3 is 5.91 Å². The van der Waals surface area contributed by atoms with Crippen molar-refractivity contribution in [2.45, 2.75) is 4.90 Å². The average molecular weight is 364 g/mol. The van der Waals surface area contributed by atoms with E-state index in [1.54, 1.807) is 18.2 Å². The van der Waals surface area contributed by atoms with E-state index in [0.29, 0.717) is 16.7 Å². The van der Waals surface area contributed by atoms with Crippen LogP contribution in [0.5, 0.6) is 5.75 Å². The van der Waals surface area contributed by atoms with Crippen molar-refractivity contribution in [1.29, 1.82) is 0 Å². The molecule has 25 heavy (non-hydrogen) atoms. The van der Waals surface area contributed by atoms with E-state index in [4.69, 9.17) is 9.15 Å². The van der Waals surface area contributed by atoms with Gasteiger partial charge in [0, 0.05) is 5.39 Å². The molecule has 0 spiro atoms. The molecule has 1 heterocycles. The fourth-order valence-electron chi connectivity index (χ4n) is 2.16. The number of hydrogen-bond donors (Lipinski definition) is 2. The molecule has 2 aromatic carbocycles. The zero-order chi connectivity index (χ0) is 18.0. The summed E-state index contributed by atoms with van der Waals surface area (Å²) in [6.45, 7) is 0. The number of sulfonamides is 1. The number of ether oxygens (including phenoxy) is 1. The highest BCUT2D eigenvalue weighted by molar-refractivity contribution is 7.89. The molecule has 2 N–H and O–H groups in total. The third-order valence-electron chi connectivity index (χ3n) is 3.37. The number of carbonyl (C=O) groups excluding carboxylic acids is 1. The summed E-state index contributed by atoms with van der Waals surface area (Å²) in [6, 6.07) is 10.7. The predicted octanol–water partition coefficient (Wildman–Crippen LogP) is 2.20. The van der Waals surface area contributed by atoms with Crippen LogP contribution in [0.2, 0.25) is 0 Å². The van der Waals surface area contributed by atoms with Crippen molar-refractivity contribution >= 4 is 26.9 Å². The SMILES string of the molecule is COc1cccc2cc(C(=O)NNS(=O)(=O)c3ccc(F)cc3)oc12. The number of hydrazine groups is 1. The van der Waals surface area contributed by atoms with Gasteiger partial charge in [-0.05, 0) is 36.4 Å². The Kier molecular flexibility index (Phi) is 4.43. The highest BCUT2D eigenvalue weighted by Crippen LogP contribution is 2.28. The van der Waals surface area contributed by atoms with Crippen LogP contribution in [-0.2, 0) is 10.0 Å². The molecule has 0 bridgehead atoms. The second kappa shape index (κ2) is 6.54. The summed E-state index contributed by atoms with van der Waals surface area (Å²) in [4.78, 5) is 13.8. The van der Waals surface area contributed by atoms with Gasteiger partial charge in [-0.3, -0.25) is 10.2 Å². The van der Waals surface area contributed by atoms with E-state index < -0.39 is 21.7 Å². The number of benzene rings is 2. The Morgan fingerprint density at radius 2 is 1.88 bits per heavy atom. The monoisotopic (exact) mass is 364 g/mol. The largest absolute Gasteiger partial charge is 0.493 e. The third-order valence-corrected chi connectivity index (χ3v) is 4.64. The van der Waals surface area contributed by atoms with Crippen LogP contribution in [0.1, 0.15) is 10.6 Å². The zero-order valence-corrected chi connectivity index (χ0v) is 13.8.